The van der Waals surface area contributed by atoms with E-state index in [0.717, 1.165) is 25.2 Å². The Balaban J connectivity index is 2.45. The third-order valence-electron chi connectivity index (χ3n) is 4.05. The molecule has 0 saturated carbocycles. The topological polar surface area (TPSA) is 76.4 Å². The second-order valence-corrected chi connectivity index (χ2v) is 6.32. The summed E-state index contributed by atoms with van der Waals surface area (Å²) in [5.74, 6) is -2.93. The van der Waals surface area contributed by atoms with Gasteiger partial charge in [0.1, 0.15) is 17.5 Å². The molecule has 1 aliphatic rings. The van der Waals surface area contributed by atoms with E-state index < -0.39 is 23.4 Å². The molecule has 6 nitrogen and oxygen atoms in total. The van der Waals surface area contributed by atoms with Gasteiger partial charge < -0.3 is 15.1 Å². The number of hydrogen-bond donors (Lipinski definition) is 1. The maximum absolute atomic E-state index is 12.8. The minimum absolute atomic E-state index is 0.230. The Labute approximate surface area is 148 Å². The van der Waals surface area contributed by atoms with Crippen LogP contribution in [-0.2, 0) is 9.59 Å². The SMILES string of the molecule is CN1C(=C(C#N)C(=O)C(C)(C)NC(=O)C(F)(F)F)N(C)c2ccccc21. The van der Waals surface area contributed by atoms with Crippen molar-refractivity contribution in [1.82, 2.24) is 5.32 Å². The second kappa shape index (κ2) is 6.37. The average molecular weight is 366 g/mol. The Morgan fingerprint density at radius 1 is 1.08 bits per heavy atom. The van der Waals surface area contributed by atoms with Crippen molar-refractivity contribution in [1.29, 1.82) is 5.26 Å². The zero-order chi connectivity index (χ0) is 19.9. The van der Waals surface area contributed by atoms with E-state index in [1.54, 1.807) is 59.5 Å². The maximum Gasteiger partial charge on any atom is 0.471 e. The van der Waals surface area contributed by atoms with Crippen molar-refractivity contribution in [3.63, 3.8) is 0 Å². The molecule has 1 amide bonds. The maximum atomic E-state index is 12.8. The van der Waals surface area contributed by atoms with E-state index in [1.807, 2.05) is 0 Å². The molecule has 1 aromatic carbocycles. The van der Waals surface area contributed by atoms with E-state index in [2.05, 4.69) is 0 Å². The molecule has 1 aliphatic heterocycles. The molecule has 0 atom stereocenters. The Bertz CT molecular complexity index is 806. The molecule has 2 rings (SSSR count). The van der Waals surface area contributed by atoms with Crippen LogP contribution in [0.1, 0.15) is 13.8 Å². The highest BCUT2D eigenvalue weighted by Gasteiger charge is 2.45. The average Bonchev–Trinajstić information content (AvgIpc) is 2.80. The highest BCUT2D eigenvalue weighted by Crippen LogP contribution is 2.40. The van der Waals surface area contributed by atoms with Crippen molar-refractivity contribution < 1.29 is 22.8 Å². The van der Waals surface area contributed by atoms with Crippen molar-refractivity contribution in [2.24, 2.45) is 0 Å². The van der Waals surface area contributed by atoms with E-state index in [-0.39, 0.29) is 11.4 Å². The Hall–Kier alpha value is -3.02. The molecule has 0 saturated heterocycles. The number of amides is 1. The summed E-state index contributed by atoms with van der Waals surface area (Å²) in [4.78, 5) is 27.2. The molecule has 0 unspecified atom stereocenters. The van der Waals surface area contributed by atoms with Gasteiger partial charge in [0, 0.05) is 14.1 Å². The van der Waals surface area contributed by atoms with Gasteiger partial charge in [-0.15, -0.1) is 0 Å². The predicted molar refractivity (Wildman–Crippen MR) is 89.2 cm³/mol. The van der Waals surface area contributed by atoms with Crippen molar-refractivity contribution in [3.05, 3.63) is 35.7 Å². The first kappa shape index (κ1) is 19.3. The molecule has 1 heterocycles. The first-order valence-corrected chi connectivity index (χ1v) is 7.57. The van der Waals surface area contributed by atoms with Gasteiger partial charge in [-0.05, 0) is 26.0 Å². The van der Waals surface area contributed by atoms with Crippen LogP contribution in [0.4, 0.5) is 24.5 Å². The molecule has 0 radical (unpaired) electrons. The summed E-state index contributed by atoms with van der Waals surface area (Å²) in [5, 5.41) is 11.2. The number of Topliss-reactive ketones (excluding diaryl/α,β-unsaturated/α-hetero) is 1. The molecular formula is C17H17F3N4O2. The Morgan fingerprint density at radius 2 is 1.54 bits per heavy atom. The van der Waals surface area contributed by atoms with Gasteiger partial charge in [-0.25, -0.2) is 0 Å². The van der Waals surface area contributed by atoms with Crippen molar-refractivity contribution in [3.8, 4) is 6.07 Å². The summed E-state index contributed by atoms with van der Waals surface area (Å²) in [7, 11) is 3.28. The number of carbonyl (C=O) groups excluding carboxylic acids is 2. The molecular weight excluding hydrogens is 349 g/mol. The minimum atomic E-state index is -5.13. The number of para-hydroxylation sites is 2. The quantitative estimate of drug-likeness (QED) is 0.656. The van der Waals surface area contributed by atoms with Gasteiger partial charge in [0.05, 0.1) is 16.9 Å². The Kier molecular flexibility index (Phi) is 4.73. The number of rotatable bonds is 3. The van der Waals surface area contributed by atoms with Gasteiger partial charge >= 0.3 is 12.1 Å². The van der Waals surface area contributed by atoms with E-state index in [9.17, 15) is 28.0 Å². The molecule has 0 spiro atoms. The summed E-state index contributed by atoms with van der Waals surface area (Å²) >= 11 is 0. The lowest BCUT2D eigenvalue weighted by Gasteiger charge is -2.27. The lowest BCUT2D eigenvalue weighted by atomic mass is 9.93. The molecule has 26 heavy (non-hydrogen) atoms. The zero-order valence-electron chi connectivity index (χ0n) is 14.6. The molecule has 0 aromatic heterocycles. The Morgan fingerprint density at radius 3 is 1.92 bits per heavy atom. The van der Waals surface area contributed by atoms with Crippen LogP contribution < -0.4 is 15.1 Å². The van der Waals surface area contributed by atoms with Gasteiger partial charge in [0.2, 0.25) is 5.78 Å². The number of alkyl halides is 3. The van der Waals surface area contributed by atoms with Gasteiger partial charge in [0.15, 0.2) is 0 Å². The van der Waals surface area contributed by atoms with Crippen LogP contribution in [0.5, 0.6) is 0 Å². The number of fused-ring (bicyclic) bond motifs is 1. The van der Waals surface area contributed by atoms with Gasteiger partial charge in [-0.2, -0.15) is 18.4 Å². The normalized spacial score (nSPS) is 14.0. The van der Waals surface area contributed by atoms with Crippen LogP contribution in [0.25, 0.3) is 0 Å². The molecule has 0 fully saturated rings. The second-order valence-electron chi connectivity index (χ2n) is 6.32. The standard InChI is InChI=1S/C17H17F3N4O2/c1-16(2,22-15(26)17(18,19)20)13(25)10(9-21)14-23(3)11-7-5-6-8-12(11)24(14)4/h5-8H,1-4H3,(H,22,26). The number of nitrogens with one attached hydrogen (secondary N) is 1. The minimum Gasteiger partial charge on any atom is -0.336 e. The van der Waals surface area contributed by atoms with Crippen LogP contribution in [0, 0.1) is 11.3 Å². The van der Waals surface area contributed by atoms with E-state index in [0.29, 0.717) is 0 Å². The number of halogens is 3. The van der Waals surface area contributed by atoms with Gasteiger partial charge in [0.25, 0.3) is 0 Å². The van der Waals surface area contributed by atoms with Crippen LogP contribution in [0.15, 0.2) is 35.7 Å². The molecule has 0 bridgehead atoms. The molecule has 138 valence electrons. The monoisotopic (exact) mass is 366 g/mol. The lowest BCUT2D eigenvalue weighted by Crippen LogP contribution is -2.54. The van der Waals surface area contributed by atoms with Crippen molar-refractivity contribution >= 4 is 23.1 Å². The van der Waals surface area contributed by atoms with Crippen molar-refractivity contribution in [2.75, 3.05) is 23.9 Å². The highest BCUT2D eigenvalue weighted by molar-refractivity contribution is 6.09. The third kappa shape index (κ3) is 3.22. The summed E-state index contributed by atoms with van der Waals surface area (Å²) in [6, 6.07) is 8.92. The lowest BCUT2D eigenvalue weighted by molar-refractivity contribution is -0.175. The highest BCUT2D eigenvalue weighted by atomic mass is 19.4. The number of nitriles is 1. The first-order valence-electron chi connectivity index (χ1n) is 7.57. The fraction of sp³-hybridized carbons (Fsp3) is 0.353. The summed E-state index contributed by atoms with van der Waals surface area (Å²) in [6.07, 6.45) is -5.13. The first-order chi connectivity index (χ1) is 11.9. The zero-order valence-corrected chi connectivity index (χ0v) is 14.6. The van der Waals surface area contributed by atoms with Crippen molar-refractivity contribution in [2.45, 2.75) is 25.6 Å². The van der Waals surface area contributed by atoms with E-state index in [4.69, 9.17) is 0 Å². The van der Waals surface area contributed by atoms with Gasteiger partial charge in [-0.3, -0.25) is 9.59 Å². The van der Waals surface area contributed by atoms with Crippen LogP contribution in [-0.4, -0.2) is 37.5 Å². The van der Waals surface area contributed by atoms with Crippen LogP contribution in [0.3, 0.4) is 0 Å². The number of ketones is 1. The number of anilines is 2. The number of carbonyl (C=O) groups is 2. The summed E-state index contributed by atoms with van der Waals surface area (Å²) in [5.41, 5.74) is -0.787. The predicted octanol–water partition coefficient (Wildman–Crippen LogP) is 2.33. The van der Waals surface area contributed by atoms with Crippen LogP contribution in [0.2, 0.25) is 0 Å². The summed E-state index contributed by atoms with van der Waals surface area (Å²) in [6.45, 7) is 2.25. The third-order valence-corrected chi connectivity index (χ3v) is 4.05. The van der Waals surface area contributed by atoms with E-state index in [1.165, 1.54) is 0 Å². The smallest absolute Gasteiger partial charge is 0.336 e. The fourth-order valence-corrected chi connectivity index (χ4v) is 2.75. The molecule has 1 aromatic rings. The van der Waals surface area contributed by atoms with Gasteiger partial charge in [-0.1, -0.05) is 12.1 Å². The van der Waals surface area contributed by atoms with E-state index >= 15 is 0 Å². The molecule has 0 aliphatic carbocycles. The molecule has 9 heteroatoms. The largest absolute Gasteiger partial charge is 0.471 e. The van der Waals surface area contributed by atoms with Crippen LogP contribution >= 0.6 is 0 Å². The molecule has 1 N–H and O–H groups in total. The number of hydrogen-bond acceptors (Lipinski definition) is 5. The number of nitrogens with zero attached hydrogens (tertiary/aromatic N) is 3. The fourth-order valence-electron chi connectivity index (χ4n) is 2.75. The number of benzene rings is 1. The summed E-state index contributed by atoms with van der Waals surface area (Å²) < 4.78 is 37.5.